The van der Waals surface area contributed by atoms with E-state index in [0.29, 0.717) is 30.4 Å². The molecule has 0 heterocycles. The van der Waals surface area contributed by atoms with Crippen molar-refractivity contribution in [2.24, 2.45) is 0 Å². The highest BCUT2D eigenvalue weighted by atomic mass is 19.1. The normalized spacial score (nSPS) is 14.4. The molecule has 1 aliphatic rings. The third-order valence-electron chi connectivity index (χ3n) is 2.54. The lowest BCUT2D eigenvalue weighted by atomic mass is 10.2. The van der Waals surface area contributed by atoms with Crippen LogP contribution in [-0.2, 0) is 4.79 Å². The number of amides is 1. The molecule has 92 valence electrons. The van der Waals surface area contributed by atoms with Crippen LogP contribution in [0.5, 0.6) is 0 Å². The van der Waals surface area contributed by atoms with Crippen molar-refractivity contribution < 1.29 is 9.18 Å². The third kappa shape index (κ3) is 3.94. The number of carbonyl (C=O) groups is 1. The first-order valence-corrected chi connectivity index (χ1v) is 5.73. The van der Waals surface area contributed by atoms with Crippen LogP contribution in [-0.4, -0.2) is 18.5 Å². The molecule has 0 radical (unpaired) electrons. The molecular weight excluding hydrogens is 221 g/mol. The van der Waals surface area contributed by atoms with Gasteiger partial charge in [-0.25, -0.2) is 4.39 Å². The number of anilines is 2. The zero-order valence-corrected chi connectivity index (χ0v) is 9.50. The largest absolute Gasteiger partial charge is 0.399 e. The van der Waals surface area contributed by atoms with E-state index in [-0.39, 0.29) is 11.7 Å². The monoisotopic (exact) mass is 237 g/mol. The lowest BCUT2D eigenvalue weighted by Gasteiger charge is -2.07. The predicted molar refractivity (Wildman–Crippen MR) is 65.1 cm³/mol. The summed E-state index contributed by atoms with van der Waals surface area (Å²) in [7, 11) is 0. The second kappa shape index (κ2) is 5.03. The van der Waals surface area contributed by atoms with Gasteiger partial charge in [-0.1, -0.05) is 0 Å². The zero-order valence-electron chi connectivity index (χ0n) is 9.50. The second-order valence-electron chi connectivity index (χ2n) is 4.29. The van der Waals surface area contributed by atoms with Crippen LogP contribution in [0.2, 0.25) is 0 Å². The van der Waals surface area contributed by atoms with Gasteiger partial charge < -0.3 is 16.4 Å². The minimum absolute atomic E-state index is 0.0318. The van der Waals surface area contributed by atoms with Crippen molar-refractivity contribution in [3.63, 3.8) is 0 Å². The molecular formula is C12H16FN3O. The molecule has 1 aliphatic carbocycles. The van der Waals surface area contributed by atoms with E-state index in [1.165, 1.54) is 12.1 Å². The van der Waals surface area contributed by atoms with Gasteiger partial charge in [0.1, 0.15) is 5.82 Å². The van der Waals surface area contributed by atoms with Crippen molar-refractivity contribution >= 4 is 17.3 Å². The van der Waals surface area contributed by atoms with Crippen molar-refractivity contribution in [1.29, 1.82) is 0 Å². The maximum absolute atomic E-state index is 13.0. The highest BCUT2D eigenvalue weighted by Gasteiger charge is 2.22. The molecule has 1 aromatic carbocycles. The SMILES string of the molecule is Nc1cc(F)cc(NCCC(=O)NC2CC2)c1. The first-order valence-electron chi connectivity index (χ1n) is 5.73. The van der Waals surface area contributed by atoms with Crippen LogP contribution in [0.15, 0.2) is 18.2 Å². The molecule has 1 amide bonds. The van der Waals surface area contributed by atoms with Crippen LogP contribution in [0, 0.1) is 5.82 Å². The Labute approximate surface area is 99.4 Å². The summed E-state index contributed by atoms with van der Waals surface area (Å²) in [6, 6.07) is 4.63. The van der Waals surface area contributed by atoms with E-state index in [4.69, 9.17) is 5.73 Å². The maximum Gasteiger partial charge on any atom is 0.221 e. The van der Waals surface area contributed by atoms with Crippen molar-refractivity contribution in [2.75, 3.05) is 17.6 Å². The van der Waals surface area contributed by atoms with Gasteiger partial charge in [0.05, 0.1) is 0 Å². The van der Waals surface area contributed by atoms with Gasteiger partial charge in [-0.15, -0.1) is 0 Å². The first-order chi connectivity index (χ1) is 8.13. The predicted octanol–water partition coefficient (Wildman–Crippen LogP) is 1.49. The summed E-state index contributed by atoms with van der Waals surface area (Å²) in [5, 5.41) is 5.86. The Hall–Kier alpha value is -1.78. The van der Waals surface area contributed by atoms with Gasteiger partial charge in [-0.2, -0.15) is 0 Å². The molecule has 0 aromatic heterocycles. The fraction of sp³-hybridized carbons (Fsp3) is 0.417. The molecule has 4 N–H and O–H groups in total. The van der Waals surface area contributed by atoms with Crippen LogP contribution >= 0.6 is 0 Å². The van der Waals surface area contributed by atoms with Gasteiger partial charge in [0.15, 0.2) is 0 Å². The average molecular weight is 237 g/mol. The maximum atomic E-state index is 13.0. The Morgan fingerprint density at radius 2 is 2.18 bits per heavy atom. The van der Waals surface area contributed by atoms with Crippen molar-refractivity contribution in [3.05, 3.63) is 24.0 Å². The lowest BCUT2D eigenvalue weighted by Crippen LogP contribution is -2.27. The molecule has 4 nitrogen and oxygen atoms in total. The zero-order chi connectivity index (χ0) is 12.3. The number of nitrogen functional groups attached to an aromatic ring is 1. The van der Waals surface area contributed by atoms with Gasteiger partial charge in [0, 0.05) is 30.4 Å². The van der Waals surface area contributed by atoms with Gasteiger partial charge >= 0.3 is 0 Å². The van der Waals surface area contributed by atoms with E-state index in [1.807, 2.05) is 0 Å². The van der Waals surface area contributed by atoms with Crippen LogP contribution in [0.1, 0.15) is 19.3 Å². The van der Waals surface area contributed by atoms with Crippen LogP contribution in [0.25, 0.3) is 0 Å². The number of hydrogen-bond donors (Lipinski definition) is 3. The Morgan fingerprint density at radius 3 is 2.82 bits per heavy atom. The molecule has 1 fully saturated rings. The number of rotatable bonds is 5. The molecule has 5 heteroatoms. The van der Waals surface area contributed by atoms with E-state index in [2.05, 4.69) is 10.6 Å². The summed E-state index contributed by atoms with van der Waals surface area (Å²) in [6.45, 7) is 0.474. The van der Waals surface area contributed by atoms with E-state index >= 15 is 0 Å². The highest BCUT2D eigenvalue weighted by Crippen LogP contribution is 2.18. The summed E-state index contributed by atoms with van der Waals surface area (Å²) < 4.78 is 13.0. The van der Waals surface area contributed by atoms with Crippen LogP contribution < -0.4 is 16.4 Å². The Bertz CT molecular complexity index is 398. The molecule has 17 heavy (non-hydrogen) atoms. The Morgan fingerprint density at radius 1 is 1.41 bits per heavy atom. The Balaban J connectivity index is 1.74. The molecule has 0 atom stereocenters. The minimum Gasteiger partial charge on any atom is -0.399 e. The number of nitrogens with two attached hydrogens (primary N) is 1. The number of carbonyl (C=O) groups excluding carboxylic acids is 1. The van der Waals surface area contributed by atoms with Crippen molar-refractivity contribution in [3.8, 4) is 0 Å². The van der Waals surface area contributed by atoms with Gasteiger partial charge in [0.25, 0.3) is 0 Å². The summed E-state index contributed by atoms with van der Waals surface area (Å²) >= 11 is 0. The third-order valence-corrected chi connectivity index (χ3v) is 2.54. The number of nitrogens with one attached hydrogen (secondary N) is 2. The van der Waals surface area contributed by atoms with E-state index in [1.54, 1.807) is 6.07 Å². The van der Waals surface area contributed by atoms with E-state index < -0.39 is 0 Å². The molecule has 0 bridgehead atoms. The lowest BCUT2D eigenvalue weighted by molar-refractivity contribution is -0.120. The topological polar surface area (TPSA) is 67.1 Å². The summed E-state index contributed by atoms with van der Waals surface area (Å²) in [6.07, 6.45) is 2.55. The second-order valence-corrected chi connectivity index (χ2v) is 4.29. The molecule has 1 saturated carbocycles. The summed E-state index contributed by atoms with van der Waals surface area (Å²) in [5.74, 6) is -0.348. The Kier molecular flexibility index (Phi) is 3.46. The molecule has 1 aromatic rings. The molecule has 0 unspecified atom stereocenters. The standard InChI is InChI=1S/C12H16FN3O/c13-8-5-9(14)7-11(6-8)15-4-3-12(17)16-10-1-2-10/h5-7,10,15H,1-4,14H2,(H,16,17). The summed E-state index contributed by atoms with van der Waals surface area (Å²) in [4.78, 5) is 11.4. The van der Waals surface area contributed by atoms with Crippen molar-refractivity contribution in [1.82, 2.24) is 5.32 Å². The van der Waals surface area contributed by atoms with Gasteiger partial charge in [-0.05, 0) is 31.0 Å². The molecule has 0 spiro atoms. The number of hydrogen-bond acceptors (Lipinski definition) is 3. The van der Waals surface area contributed by atoms with E-state index in [0.717, 1.165) is 12.8 Å². The number of benzene rings is 1. The average Bonchev–Trinajstić information content (AvgIpc) is 3.00. The van der Waals surface area contributed by atoms with Crippen molar-refractivity contribution in [2.45, 2.75) is 25.3 Å². The minimum atomic E-state index is -0.380. The fourth-order valence-electron chi connectivity index (χ4n) is 1.56. The number of halogens is 1. The van der Waals surface area contributed by atoms with Crippen LogP contribution in [0.3, 0.4) is 0 Å². The molecule has 0 saturated heterocycles. The molecule has 2 rings (SSSR count). The van der Waals surface area contributed by atoms with Crippen LogP contribution in [0.4, 0.5) is 15.8 Å². The quantitative estimate of drug-likeness (QED) is 0.680. The summed E-state index contributed by atoms with van der Waals surface area (Å²) in [5.41, 5.74) is 6.47. The smallest absolute Gasteiger partial charge is 0.221 e. The molecule has 0 aliphatic heterocycles. The first kappa shape index (κ1) is 11.7. The van der Waals surface area contributed by atoms with Gasteiger partial charge in [-0.3, -0.25) is 4.79 Å². The van der Waals surface area contributed by atoms with E-state index in [9.17, 15) is 9.18 Å². The fourth-order valence-corrected chi connectivity index (χ4v) is 1.56. The van der Waals surface area contributed by atoms with Gasteiger partial charge in [0.2, 0.25) is 5.91 Å². The highest BCUT2D eigenvalue weighted by molar-refractivity contribution is 5.77.